The van der Waals surface area contributed by atoms with E-state index < -0.39 is 0 Å². The fourth-order valence-corrected chi connectivity index (χ4v) is 4.59. The van der Waals surface area contributed by atoms with Crippen molar-refractivity contribution in [1.82, 2.24) is 10.6 Å². The largest absolute Gasteiger partial charge is 0.497 e. The Morgan fingerprint density at radius 3 is 2.59 bits per heavy atom. The molecule has 1 saturated heterocycles. The highest BCUT2D eigenvalue weighted by molar-refractivity contribution is 5.80. The molecular weight excluding hydrogens is 344 g/mol. The number of methoxy groups -OCH3 is 1. The third-order valence-electron chi connectivity index (χ3n) is 6.11. The maximum atomic E-state index is 12.3. The van der Waals surface area contributed by atoms with E-state index in [1.54, 1.807) is 31.4 Å². The maximum absolute atomic E-state index is 12.3. The Kier molecular flexibility index (Phi) is 6.24. The average Bonchev–Trinajstić information content (AvgIpc) is 2.67. The van der Waals surface area contributed by atoms with Gasteiger partial charge in [0, 0.05) is 18.0 Å². The van der Waals surface area contributed by atoms with Gasteiger partial charge in [-0.05, 0) is 61.8 Å². The molecule has 5 atom stereocenters. The maximum Gasteiger partial charge on any atom is 0.258 e. The molecule has 27 heavy (non-hydrogen) atoms. The molecule has 6 nitrogen and oxygen atoms in total. The van der Waals surface area contributed by atoms with E-state index in [9.17, 15) is 9.59 Å². The average molecular weight is 374 g/mol. The van der Waals surface area contributed by atoms with E-state index in [2.05, 4.69) is 24.5 Å². The van der Waals surface area contributed by atoms with Gasteiger partial charge in [0.25, 0.3) is 5.91 Å². The Bertz CT molecular complexity index is 661. The number of ether oxygens (including phenoxy) is 2. The molecule has 3 rings (SSSR count). The van der Waals surface area contributed by atoms with Crippen LogP contribution in [0.3, 0.4) is 0 Å². The van der Waals surface area contributed by atoms with Gasteiger partial charge in [0.2, 0.25) is 5.91 Å². The summed E-state index contributed by atoms with van der Waals surface area (Å²) in [5.41, 5.74) is 0. The van der Waals surface area contributed by atoms with Crippen molar-refractivity contribution < 1.29 is 19.1 Å². The molecule has 6 heteroatoms. The SMILES string of the molecule is CCC1C(=O)NC2CC(NC(=O)COc3ccc(OC)cc3)CCC2C1C. The molecular formula is C21H30N2O4. The van der Waals surface area contributed by atoms with Crippen LogP contribution in [0.15, 0.2) is 24.3 Å². The monoisotopic (exact) mass is 374 g/mol. The summed E-state index contributed by atoms with van der Waals surface area (Å²) in [4.78, 5) is 24.5. The number of hydrogen-bond acceptors (Lipinski definition) is 4. The predicted molar refractivity (Wildman–Crippen MR) is 103 cm³/mol. The van der Waals surface area contributed by atoms with Gasteiger partial charge in [0.05, 0.1) is 7.11 Å². The zero-order valence-electron chi connectivity index (χ0n) is 16.4. The Morgan fingerprint density at radius 1 is 1.22 bits per heavy atom. The first-order valence-corrected chi connectivity index (χ1v) is 9.88. The number of rotatable bonds is 6. The molecule has 0 bridgehead atoms. The molecule has 1 aliphatic heterocycles. The van der Waals surface area contributed by atoms with E-state index in [0.29, 0.717) is 17.6 Å². The van der Waals surface area contributed by atoms with Gasteiger partial charge in [-0.1, -0.05) is 13.8 Å². The van der Waals surface area contributed by atoms with E-state index in [4.69, 9.17) is 9.47 Å². The van der Waals surface area contributed by atoms with Crippen molar-refractivity contribution >= 4 is 11.8 Å². The normalized spacial score (nSPS) is 30.0. The molecule has 1 aromatic carbocycles. The van der Waals surface area contributed by atoms with Crippen LogP contribution >= 0.6 is 0 Å². The standard InChI is InChI=1S/C21H30N2O4/c1-4-17-13(2)18-10-5-14(11-19(18)23-21(17)25)22-20(24)12-27-16-8-6-15(26-3)7-9-16/h6-9,13-14,17-19H,4-5,10-12H2,1-3H3,(H,22,24)(H,23,25). The number of benzene rings is 1. The van der Waals surface area contributed by atoms with Gasteiger partial charge in [0.1, 0.15) is 11.5 Å². The second-order valence-corrected chi connectivity index (χ2v) is 7.69. The molecule has 1 heterocycles. The summed E-state index contributed by atoms with van der Waals surface area (Å²) in [6.45, 7) is 4.26. The van der Waals surface area contributed by atoms with Gasteiger partial charge in [-0.25, -0.2) is 0 Å². The van der Waals surface area contributed by atoms with Crippen LogP contribution in [0, 0.1) is 17.8 Å². The highest BCUT2D eigenvalue weighted by Crippen LogP contribution is 2.38. The number of amides is 2. The van der Waals surface area contributed by atoms with Gasteiger partial charge >= 0.3 is 0 Å². The lowest BCUT2D eigenvalue weighted by Gasteiger charge is -2.46. The van der Waals surface area contributed by atoms with Crippen molar-refractivity contribution in [2.75, 3.05) is 13.7 Å². The van der Waals surface area contributed by atoms with Crippen LogP contribution in [0.25, 0.3) is 0 Å². The quantitative estimate of drug-likeness (QED) is 0.802. The summed E-state index contributed by atoms with van der Waals surface area (Å²) in [5, 5.41) is 6.25. The Balaban J connectivity index is 1.47. The minimum absolute atomic E-state index is 0.0163. The minimum Gasteiger partial charge on any atom is -0.497 e. The summed E-state index contributed by atoms with van der Waals surface area (Å²) in [5.74, 6) is 2.46. The zero-order valence-corrected chi connectivity index (χ0v) is 16.4. The van der Waals surface area contributed by atoms with Crippen molar-refractivity contribution in [2.24, 2.45) is 17.8 Å². The topological polar surface area (TPSA) is 76.7 Å². The van der Waals surface area contributed by atoms with E-state index >= 15 is 0 Å². The van der Waals surface area contributed by atoms with E-state index in [0.717, 1.165) is 31.4 Å². The molecule has 148 valence electrons. The molecule has 0 spiro atoms. The lowest BCUT2D eigenvalue weighted by atomic mass is 9.67. The van der Waals surface area contributed by atoms with E-state index in [1.165, 1.54) is 0 Å². The number of carbonyl (C=O) groups is 2. The summed E-state index contributed by atoms with van der Waals surface area (Å²) in [6, 6.07) is 7.40. The summed E-state index contributed by atoms with van der Waals surface area (Å²) in [7, 11) is 1.61. The zero-order chi connectivity index (χ0) is 19.4. The fraction of sp³-hybridized carbons (Fsp3) is 0.619. The van der Waals surface area contributed by atoms with Gasteiger partial charge in [-0.3, -0.25) is 9.59 Å². The predicted octanol–water partition coefficient (Wildman–Crippen LogP) is 2.52. The number of nitrogens with one attached hydrogen (secondary N) is 2. The Labute approximate surface area is 161 Å². The molecule has 0 radical (unpaired) electrons. The van der Waals surface area contributed by atoms with E-state index in [-0.39, 0.29) is 36.4 Å². The minimum atomic E-state index is -0.129. The van der Waals surface area contributed by atoms with Gasteiger partial charge < -0.3 is 20.1 Å². The van der Waals surface area contributed by atoms with Gasteiger partial charge in [-0.2, -0.15) is 0 Å². The summed E-state index contributed by atoms with van der Waals surface area (Å²) in [6.07, 6.45) is 3.67. The number of piperidine rings is 1. The smallest absolute Gasteiger partial charge is 0.258 e. The number of carbonyl (C=O) groups excluding carboxylic acids is 2. The molecule has 0 aromatic heterocycles. The molecule has 1 aromatic rings. The molecule has 2 fully saturated rings. The lowest BCUT2D eigenvalue weighted by Crippen LogP contribution is -2.58. The van der Waals surface area contributed by atoms with Crippen molar-refractivity contribution in [3.63, 3.8) is 0 Å². The van der Waals surface area contributed by atoms with Crippen LogP contribution in [0.1, 0.15) is 39.5 Å². The first-order valence-electron chi connectivity index (χ1n) is 9.88. The molecule has 5 unspecified atom stereocenters. The third-order valence-corrected chi connectivity index (χ3v) is 6.11. The molecule has 2 aliphatic rings. The van der Waals surface area contributed by atoms with Crippen LogP contribution < -0.4 is 20.1 Å². The highest BCUT2D eigenvalue weighted by atomic mass is 16.5. The first-order chi connectivity index (χ1) is 13.0. The number of fused-ring (bicyclic) bond motifs is 1. The first kappa shape index (κ1) is 19.5. The molecule has 1 saturated carbocycles. The summed E-state index contributed by atoms with van der Waals surface area (Å²) >= 11 is 0. The third kappa shape index (κ3) is 4.54. The molecule has 2 N–H and O–H groups in total. The van der Waals surface area contributed by atoms with Crippen molar-refractivity contribution in [3.05, 3.63) is 24.3 Å². The van der Waals surface area contributed by atoms with Crippen LogP contribution in [-0.4, -0.2) is 37.6 Å². The van der Waals surface area contributed by atoms with Crippen LogP contribution in [0.4, 0.5) is 0 Å². The molecule has 2 amide bonds. The Morgan fingerprint density at radius 2 is 1.93 bits per heavy atom. The second-order valence-electron chi connectivity index (χ2n) is 7.69. The van der Waals surface area contributed by atoms with Crippen molar-refractivity contribution in [1.29, 1.82) is 0 Å². The molecule has 1 aliphatic carbocycles. The van der Waals surface area contributed by atoms with Crippen LogP contribution in [0.2, 0.25) is 0 Å². The number of hydrogen-bond donors (Lipinski definition) is 2. The highest BCUT2D eigenvalue weighted by Gasteiger charge is 2.43. The van der Waals surface area contributed by atoms with Crippen LogP contribution in [0.5, 0.6) is 11.5 Å². The fourth-order valence-electron chi connectivity index (χ4n) is 4.59. The van der Waals surface area contributed by atoms with E-state index in [1.807, 2.05) is 0 Å². The lowest BCUT2D eigenvalue weighted by molar-refractivity contribution is -0.133. The van der Waals surface area contributed by atoms with Crippen LogP contribution in [-0.2, 0) is 9.59 Å². The second kappa shape index (κ2) is 8.63. The van der Waals surface area contributed by atoms with Crippen molar-refractivity contribution in [3.8, 4) is 11.5 Å². The van der Waals surface area contributed by atoms with Crippen molar-refractivity contribution in [2.45, 2.75) is 51.6 Å². The van der Waals surface area contributed by atoms with Gasteiger partial charge in [-0.15, -0.1) is 0 Å². The Hall–Kier alpha value is -2.24. The summed E-state index contributed by atoms with van der Waals surface area (Å²) < 4.78 is 10.6. The van der Waals surface area contributed by atoms with Gasteiger partial charge in [0.15, 0.2) is 6.61 Å².